The molecule has 1 heterocycles. The number of nitrogens with one attached hydrogen (secondary N) is 1. The van der Waals surface area contributed by atoms with E-state index in [0.29, 0.717) is 30.6 Å². The molecule has 0 amide bonds. The lowest BCUT2D eigenvalue weighted by Gasteiger charge is -2.36. The van der Waals surface area contributed by atoms with Crippen molar-refractivity contribution in [3.8, 4) is 0 Å². The first-order chi connectivity index (χ1) is 9.95. The maximum atomic E-state index is 12.7. The standard InChI is InChI=1S/C15H25N3O2S/c1-13(2)17-7-9-18(10-8-17)21(19,20)15-6-4-5-14(11-15)12-16-3/h4-6,11,13,16H,7-10,12H2,1-3H3. The summed E-state index contributed by atoms with van der Waals surface area (Å²) in [5, 5.41) is 3.05. The molecule has 6 heteroatoms. The van der Waals surface area contributed by atoms with E-state index in [2.05, 4.69) is 24.1 Å². The van der Waals surface area contributed by atoms with Crippen molar-refractivity contribution >= 4 is 10.0 Å². The van der Waals surface area contributed by atoms with Crippen LogP contribution in [0.1, 0.15) is 19.4 Å². The van der Waals surface area contributed by atoms with Gasteiger partial charge in [-0.2, -0.15) is 4.31 Å². The molecule has 2 rings (SSSR count). The van der Waals surface area contributed by atoms with Gasteiger partial charge in [0.1, 0.15) is 0 Å². The van der Waals surface area contributed by atoms with Crippen molar-refractivity contribution in [1.82, 2.24) is 14.5 Å². The van der Waals surface area contributed by atoms with E-state index in [0.717, 1.165) is 18.7 Å². The van der Waals surface area contributed by atoms with Gasteiger partial charge in [-0.05, 0) is 38.6 Å². The maximum Gasteiger partial charge on any atom is 0.243 e. The van der Waals surface area contributed by atoms with Crippen molar-refractivity contribution in [1.29, 1.82) is 0 Å². The van der Waals surface area contributed by atoms with Gasteiger partial charge in [0.25, 0.3) is 0 Å². The van der Waals surface area contributed by atoms with Crippen molar-refractivity contribution in [2.24, 2.45) is 0 Å². The molecule has 1 aliphatic rings. The second kappa shape index (κ2) is 6.87. The lowest BCUT2D eigenvalue weighted by Crippen LogP contribution is -2.50. The van der Waals surface area contributed by atoms with E-state index in [4.69, 9.17) is 0 Å². The van der Waals surface area contributed by atoms with Gasteiger partial charge < -0.3 is 5.32 Å². The van der Waals surface area contributed by atoms with Gasteiger partial charge in [-0.15, -0.1) is 0 Å². The topological polar surface area (TPSA) is 52.7 Å². The van der Waals surface area contributed by atoms with E-state index < -0.39 is 10.0 Å². The van der Waals surface area contributed by atoms with Crippen LogP contribution in [0, 0.1) is 0 Å². The molecule has 1 aromatic rings. The normalized spacial score (nSPS) is 18.3. The summed E-state index contributed by atoms with van der Waals surface area (Å²) in [6.07, 6.45) is 0. The van der Waals surface area contributed by atoms with Gasteiger partial charge in [-0.3, -0.25) is 4.90 Å². The van der Waals surface area contributed by atoms with E-state index in [1.54, 1.807) is 16.4 Å². The zero-order valence-corrected chi connectivity index (χ0v) is 13.9. The average Bonchev–Trinajstić information content (AvgIpc) is 2.48. The minimum atomic E-state index is -3.37. The molecule has 0 aliphatic carbocycles. The molecule has 0 unspecified atom stereocenters. The van der Waals surface area contributed by atoms with Crippen molar-refractivity contribution in [3.05, 3.63) is 29.8 Å². The third kappa shape index (κ3) is 3.83. The zero-order chi connectivity index (χ0) is 15.5. The van der Waals surface area contributed by atoms with Crippen molar-refractivity contribution in [2.45, 2.75) is 31.3 Å². The average molecular weight is 311 g/mol. The Labute approximate surface area is 128 Å². The van der Waals surface area contributed by atoms with Crippen LogP contribution >= 0.6 is 0 Å². The van der Waals surface area contributed by atoms with Crippen molar-refractivity contribution in [3.63, 3.8) is 0 Å². The summed E-state index contributed by atoms with van der Waals surface area (Å²) in [6, 6.07) is 7.66. The lowest BCUT2D eigenvalue weighted by atomic mass is 10.2. The van der Waals surface area contributed by atoms with E-state index in [-0.39, 0.29) is 0 Å². The highest BCUT2D eigenvalue weighted by molar-refractivity contribution is 7.89. The molecule has 0 bridgehead atoms. The first kappa shape index (κ1) is 16.4. The van der Waals surface area contributed by atoms with Gasteiger partial charge in [-0.1, -0.05) is 12.1 Å². The van der Waals surface area contributed by atoms with Gasteiger partial charge in [0.15, 0.2) is 0 Å². The van der Waals surface area contributed by atoms with Crippen LogP contribution in [0.2, 0.25) is 0 Å². The van der Waals surface area contributed by atoms with Crippen LogP contribution in [-0.2, 0) is 16.6 Å². The number of benzene rings is 1. The van der Waals surface area contributed by atoms with E-state index in [1.165, 1.54) is 0 Å². The summed E-state index contributed by atoms with van der Waals surface area (Å²) in [5.41, 5.74) is 0.986. The molecule has 0 radical (unpaired) electrons. The molecule has 1 N–H and O–H groups in total. The van der Waals surface area contributed by atoms with Crippen LogP contribution in [0.5, 0.6) is 0 Å². The summed E-state index contributed by atoms with van der Waals surface area (Å²) < 4.78 is 27.0. The fourth-order valence-corrected chi connectivity index (χ4v) is 4.12. The summed E-state index contributed by atoms with van der Waals surface area (Å²) >= 11 is 0. The van der Waals surface area contributed by atoms with Crippen molar-refractivity contribution < 1.29 is 8.42 Å². The van der Waals surface area contributed by atoms with Crippen LogP contribution in [0.4, 0.5) is 0 Å². The highest BCUT2D eigenvalue weighted by Gasteiger charge is 2.29. The molecule has 1 aliphatic heterocycles. The summed E-state index contributed by atoms with van der Waals surface area (Å²) in [7, 11) is -1.52. The van der Waals surface area contributed by atoms with Gasteiger partial charge in [0, 0.05) is 38.8 Å². The third-order valence-corrected chi connectivity index (χ3v) is 5.82. The summed E-state index contributed by atoms with van der Waals surface area (Å²) in [5.74, 6) is 0. The number of sulfonamides is 1. The van der Waals surface area contributed by atoms with Crippen LogP contribution < -0.4 is 5.32 Å². The van der Waals surface area contributed by atoms with Crippen LogP contribution in [0.25, 0.3) is 0 Å². The van der Waals surface area contributed by atoms with Gasteiger partial charge in [0.2, 0.25) is 10.0 Å². The summed E-state index contributed by atoms with van der Waals surface area (Å²) in [4.78, 5) is 2.71. The molecule has 21 heavy (non-hydrogen) atoms. The minimum Gasteiger partial charge on any atom is -0.316 e. The molecule has 1 saturated heterocycles. The first-order valence-corrected chi connectivity index (χ1v) is 8.87. The second-order valence-electron chi connectivity index (χ2n) is 5.71. The van der Waals surface area contributed by atoms with Crippen LogP contribution in [0.15, 0.2) is 29.2 Å². The molecular weight excluding hydrogens is 286 g/mol. The lowest BCUT2D eigenvalue weighted by molar-refractivity contribution is 0.154. The Morgan fingerprint density at radius 3 is 2.43 bits per heavy atom. The highest BCUT2D eigenvalue weighted by atomic mass is 32.2. The molecule has 0 atom stereocenters. The predicted octanol–water partition coefficient (Wildman–Crippen LogP) is 1.12. The Kier molecular flexibility index (Phi) is 5.37. The molecule has 1 aromatic carbocycles. The fraction of sp³-hybridized carbons (Fsp3) is 0.600. The van der Waals surface area contributed by atoms with Crippen LogP contribution in [0.3, 0.4) is 0 Å². The molecule has 0 aromatic heterocycles. The van der Waals surface area contributed by atoms with E-state index in [9.17, 15) is 8.42 Å². The molecular formula is C15H25N3O2S. The molecule has 0 saturated carbocycles. The Hall–Kier alpha value is -0.950. The fourth-order valence-electron chi connectivity index (χ4n) is 2.63. The molecule has 5 nitrogen and oxygen atoms in total. The number of rotatable bonds is 5. The second-order valence-corrected chi connectivity index (χ2v) is 7.65. The maximum absolute atomic E-state index is 12.7. The highest BCUT2D eigenvalue weighted by Crippen LogP contribution is 2.19. The number of hydrogen-bond acceptors (Lipinski definition) is 4. The molecule has 0 spiro atoms. The number of piperazine rings is 1. The molecule has 1 fully saturated rings. The predicted molar refractivity (Wildman–Crippen MR) is 84.7 cm³/mol. The number of nitrogens with zero attached hydrogens (tertiary/aromatic N) is 2. The van der Waals surface area contributed by atoms with E-state index >= 15 is 0 Å². The largest absolute Gasteiger partial charge is 0.316 e. The van der Waals surface area contributed by atoms with Gasteiger partial charge >= 0.3 is 0 Å². The Morgan fingerprint density at radius 1 is 1.19 bits per heavy atom. The Balaban J connectivity index is 2.13. The SMILES string of the molecule is CNCc1cccc(S(=O)(=O)N2CCN(C(C)C)CC2)c1. The Bertz CT molecular complexity index is 564. The number of hydrogen-bond donors (Lipinski definition) is 1. The van der Waals surface area contributed by atoms with E-state index in [1.807, 2.05) is 19.2 Å². The van der Waals surface area contributed by atoms with Gasteiger partial charge in [0.05, 0.1) is 4.90 Å². The zero-order valence-electron chi connectivity index (χ0n) is 13.0. The third-order valence-electron chi connectivity index (χ3n) is 3.92. The minimum absolute atomic E-state index is 0.397. The van der Waals surface area contributed by atoms with Crippen molar-refractivity contribution in [2.75, 3.05) is 33.2 Å². The van der Waals surface area contributed by atoms with Gasteiger partial charge in [-0.25, -0.2) is 8.42 Å². The quantitative estimate of drug-likeness (QED) is 0.885. The Morgan fingerprint density at radius 2 is 1.86 bits per heavy atom. The smallest absolute Gasteiger partial charge is 0.243 e. The van der Waals surface area contributed by atoms with Crippen LogP contribution in [-0.4, -0.2) is 56.9 Å². The summed E-state index contributed by atoms with van der Waals surface area (Å²) in [6.45, 7) is 7.69. The molecule has 118 valence electrons. The first-order valence-electron chi connectivity index (χ1n) is 7.43. The monoisotopic (exact) mass is 311 g/mol.